The molecule has 6 heteroatoms. The van der Waals surface area contributed by atoms with E-state index < -0.39 is 4.92 Å². The summed E-state index contributed by atoms with van der Waals surface area (Å²) in [7, 11) is 0. The largest absolute Gasteiger partial charge is 0.383 e. The van der Waals surface area contributed by atoms with Crippen LogP contribution in [0.5, 0.6) is 0 Å². The van der Waals surface area contributed by atoms with E-state index in [-0.39, 0.29) is 11.2 Å². The van der Waals surface area contributed by atoms with Crippen LogP contribution < -0.4 is 10.9 Å². The van der Waals surface area contributed by atoms with Crippen molar-refractivity contribution in [3.8, 4) is 0 Å². The summed E-state index contributed by atoms with van der Waals surface area (Å²) in [4.78, 5) is 21.5. The van der Waals surface area contributed by atoms with Crippen molar-refractivity contribution in [2.24, 2.45) is 0 Å². The van der Waals surface area contributed by atoms with Crippen molar-refractivity contribution in [3.05, 3.63) is 69.1 Å². The van der Waals surface area contributed by atoms with Crippen molar-refractivity contribution in [2.75, 3.05) is 11.9 Å². The highest BCUT2D eigenvalue weighted by atomic mass is 16.6. The Hall–Kier alpha value is -2.63. The molecule has 0 aliphatic rings. The number of nitro benzene ring substituents is 1. The average molecular weight is 259 g/mol. The number of aromatic nitrogens is 1. The number of nitrogens with zero attached hydrogens (tertiary/aromatic N) is 2. The maximum absolute atomic E-state index is 11.4. The summed E-state index contributed by atoms with van der Waals surface area (Å²) in [5, 5.41) is 13.6. The number of nitrogens with one attached hydrogen (secondary N) is 1. The lowest BCUT2D eigenvalue weighted by Gasteiger charge is -2.07. The smallest absolute Gasteiger partial charge is 0.269 e. The van der Waals surface area contributed by atoms with E-state index >= 15 is 0 Å². The highest BCUT2D eigenvalue weighted by Crippen LogP contribution is 2.14. The first kappa shape index (κ1) is 12.8. The van der Waals surface area contributed by atoms with Crippen LogP contribution in [0.2, 0.25) is 0 Å². The van der Waals surface area contributed by atoms with Gasteiger partial charge in [-0.25, -0.2) is 0 Å². The lowest BCUT2D eigenvalue weighted by molar-refractivity contribution is -0.384. The first-order valence-electron chi connectivity index (χ1n) is 5.80. The van der Waals surface area contributed by atoms with Crippen molar-refractivity contribution in [1.82, 2.24) is 4.57 Å². The maximum atomic E-state index is 11.4. The number of rotatable bonds is 5. The number of pyridine rings is 1. The van der Waals surface area contributed by atoms with Crippen molar-refractivity contribution in [2.45, 2.75) is 6.54 Å². The molecule has 0 atom stereocenters. The molecule has 0 unspecified atom stereocenters. The quantitative estimate of drug-likeness (QED) is 0.656. The normalized spacial score (nSPS) is 10.1. The van der Waals surface area contributed by atoms with Gasteiger partial charge < -0.3 is 9.88 Å². The van der Waals surface area contributed by atoms with Crippen molar-refractivity contribution >= 4 is 11.4 Å². The van der Waals surface area contributed by atoms with Crippen LogP contribution >= 0.6 is 0 Å². The minimum Gasteiger partial charge on any atom is -0.383 e. The zero-order chi connectivity index (χ0) is 13.7. The molecule has 98 valence electrons. The Morgan fingerprint density at radius 3 is 2.53 bits per heavy atom. The summed E-state index contributed by atoms with van der Waals surface area (Å²) in [6.07, 6.45) is 1.72. The molecule has 0 radical (unpaired) electrons. The second-order valence-electron chi connectivity index (χ2n) is 3.96. The fraction of sp³-hybridized carbons (Fsp3) is 0.154. The second-order valence-corrected chi connectivity index (χ2v) is 3.96. The number of non-ortho nitro benzene ring substituents is 1. The van der Waals surface area contributed by atoms with Gasteiger partial charge in [0.15, 0.2) is 0 Å². The van der Waals surface area contributed by atoms with E-state index in [1.54, 1.807) is 35.0 Å². The van der Waals surface area contributed by atoms with Crippen LogP contribution in [-0.4, -0.2) is 16.0 Å². The Bertz CT molecular complexity index is 620. The van der Waals surface area contributed by atoms with Gasteiger partial charge in [-0.15, -0.1) is 0 Å². The summed E-state index contributed by atoms with van der Waals surface area (Å²) in [6, 6.07) is 11.2. The molecule has 1 aromatic carbocycles. The van der Waals surface area contributed by atoms with Crippen LogP contribution in [0.15, 0.2) is 53.5 Å². The lowest BCUT2D eigenvalue weighted by atomic mass is 10.3. The third kappa shape index (κ3) is 3.41. The molecule has 2 aromatic rings. The molecule has 1 N–H and O–H groups in total. The van der Waals surface area contributed by atoms with Gasteiger partial charge >= 0.3 is 0 Å². The Morgan fingerprint density at radius 1 is 1.16 bits per heavy atom. The minimum atomic E-state index is -0.437. The van der Waals surface area contributed by atoms with Crippen LogP contribution in [0.4, 0.5) is 11.4 Å². The number of hydrogen-bond donors (Lipinski definition) is 1. The van der Waals surface area contributed by atoms with Gasteiger partial charge in [-0.3, -0.25) is 14.9 Å². The molecular weight excluding hydrogens is 246 g/mol. The van der Waals surface area contributed by atoms with Gasteiger partial charge in [0, 0.05) is 43.2 Å². The molecule has 0 spiro atoms. The number of nitro groups is 1. The van der Waals surface area contributed by atoms with E-state index in [0.29, 0.717) is 13.1 Å². The first-order valence-corrected chi connectivity index (χ1v) is 5.80. The summed E-state index contributed by atoms with van der Waals surface area (Å²) in [6.45, 7) is 1.11. The van der Waals surface area contributed by atoms with Crippen LogP contribution in [-0.2, 0) is 6.54 Å². The maximum Gasteiger partial charge on any atom is 0.269 e. The highest BCUT2D eigenvalue weighted by Gasteiger charge is 2.03. The van der Waals surface area contributed by atoms with Crippen LogP contribution in [0.3, 0.4) is 0 Å². The molecule has 0 saturated heterocycles. The highest BCUT2D eigenvalue weighted by molar-refractivity contribution is 5.48. The van der Waals surface area contributed by atoms with Crippen LogP contribution in [0.1, 0.15) is 0 Å². The van der Waals surface area contributed by atoms with Gasteiger partial charge in [-0.1, -0.05) is 6.07 Å². The van der Waals surface area contributed by atoms with Gasteiger partial charge in [-0.05, 0) is 18.2 Å². The molecule has 1 heterocycles. The van der Waals surface area contributed by atoms with Crippen LogP contribution in [0.25, 0.3) is 0 Å². The molecule has 0 aliphatic heterocycles. The SMILES string of the molecule is O=c1ccccn1CCNc1ccc([N+](=O)[O-])cc1. The first-order chi connectivity index (χ1) is 9.16. The summed E-state index contributed by atoms with van der Waals surface area (Å²) in [5.41, 5.74) is 0.799. The molecule has 0 saturated carbocycles. The molecule has 19 heavy (non-hydrogen) atoms. The fourth-order valence-electron chi connectivity index (χ4n) is 1.67. The second kappa shape index (κ2) is 5.81. The Kier molecular flexibility index (Phi) is 3.92. The number of hydrogen-bond acceptors (Lipinski definition) is 4. The van der Waals surface area contributed by atoms with Gasteiger partial charge in [0.2, 0.25) is 0 Å². The topological polar surface area (TPSA) is 77.2 Å². The van der Waals surface area contributed by atoms with E-state index in [9.17, 15) is 14.9 Å². The zero-order valence-electron chi connectivity index (χ0n) is 10.2. The van der Waals surface area contributed by atoms with Crippen molar-refractivity contribution in [3.63, 3.8) is 0 Å². The zero-order valence-corrected chi connectivity index (χ0v) is 10.2. The molecule has 0 fully saturated rings. The van der Waals surface area contributed by atoms with Gasteiger partial charge in [0.05, 0.1) is 4.92 Å². The van der Waals surface area contributed by atoms with Gasteiger partial charge in [0.1, 0.15) is 0 Å². The average Bonchev–Trinajstić information content (AvgIpc) is 2.41. The number of benzene rings is 1. The fourth-order valence-corrected chi connectivity index (χ4v) is 1.67. The summed E-state index contributed by atoms with van der Waals surface area (Å²) in [5.74, 6) is 0. The van der Waals surface area contributed by atoms with Crippen molar-refractivity contribution < 1.29 is 4.92 Å². The molecule has 6 nitrogen and oxygen atoms in total. The van der Waals surface area contributed by atoms with E-state index in [1.807, 2.05) is 0 Å². The predicted octanol–water partition coefficient (Wildman–Crippen LogP) is 1.87. The Labute approximate surface area is 109 Å². The Balaban J connectivity index is 1.91. The third-order valence-electron chi connectivity index (χ3n) is 2.66. The molecule has 2 rings (SSSR count). The lowest BCUT2D eigenvalue weighted by Crippen LogP contribution is -2.21. The van der Waals surface area contributed by atoms with E-state index in [0.717, 1.165) is 5.69 Å². The van der Waals surface area contributed by atoms with Crippen molar-refractivity contribution in [1.29, 1.82) is 0 Å². The van der Waals surface area contributed by atoms with E-state index in [2.05, 4.69) is 5.32 Å². The van der Waals surface area contributed by atoms with Gasteiger partial charge in [-0.2, -0.15) is 0 Å². The predicted molar refractivity (Wildman–Crippen MR) is 72.3 cm³/mol. The molecule has 1 aromatic heterocycles. The Morgan fingerprint density at radius 2 is 1.89 bits per heavy atom. The molecule has 0 amide bonds. The minimum absolute atomic E-state index is 0.0481. The molecular formula is C13H13N3O3. The molecule has 0 aliphatic carbocycles. The third-order valence-corrected chi connectivity index (χ3v) is 2.66. The van der Waals surface area contributed by atoms with E-state index in [1.165, 1.54) is 18.2 Å². The molecule has 0 bridgehead atoms. The van der Waals surface area contributed by atoms with E-state index in [4.69, 9.17) is 0 Å². The standard InChI is InChI=1S/C13H13N3O3/c17-13-3-1-2-9-15(13)10-8-14-11-4-6-12(7-5-11)16(18)19/h1-7,9,14H,8,10H2. The summed E-state index contributed by atoms with van der Waals surface area (Å²) < 4.78 is 1.60. The monoisotopic (exact) mass is 259 g/mol. The van der Waals surface area contributed by atoms with Gasteiger partial charge in [0.25, 0.3) is 11.2 Å². The van der Waals surface area contributed by atoms with Crippen LogP contribution in [0, 0.1) is 10.1 Å². The summed E-state index contributed by atoms with van der Waals surface area (Å²) >= 11 is 0. The number of anilines is 1.